The Bertz CT molecular complexity index is 842. The molecule has 1 aromatic heterocycles. The van der Waals surface area contributed by atoms with Gasteiger partial charge in [0.25, 0.3) is 0 Å². The molecule has 3 rings (SSSR count). The van der Waals surface area contributed by atoms with E-state index in [1.54, 1.807) is 6.20 Å². The lowest BCUT2D eigenvalue weighted by Gasteiger charge is -2.27. The van der Waals surface area contributed by atoms with Crippen molar-refractivity contribution in [2.45, 2.75) is 26.3 Å². The number of nitrogens with one attached hydrogen (secondary N) is 1. The molecule has 1 aromatic carbocycles. The van der Waals surface area contributed by atoms with E-state index < -0.39 is 9.84 Å². The third-order valence-corrected chi connectivity index (χ3v) is 6.00. The number of hydrogen-bond donors (Lipinski definition) is 1. The zero-order valence-electron chi connectivity index (χ0n) is 14.9. The lowest BCUT2D eigenvalue weighted by atomic mass is 10.2. The second-order valence-corrected chi connectivity index (χ2v) is 8.29. The molecule has 1 N–H and O–H groups in total. The zero-order valence-corrected chi connectivity index (χ0v) is 15.7. The van der Waals surface area contributed by atoms with Gasteiger partial charge in [0.2, 0.25) is 5.95 Å². The number of nitrogens with zero attached hydrogens (tertiary/aromatic N) is 4. The Morgan fingerprint density at radius 1 is 1.27 bits per heavy atom. The lowest BCUT2D eigenvalue weighted by molar-refractivity contribution is 0.340. The molecule has 1 aliphatic rings. The van der Waals surface area contributed by atoms with Gasteiger partial charge in [-0.15, -0.1) is 5.10 Å². The number of ether oxygens (including phenoxy) is 1. The SMILES string of the molecule is CCOc1ccc(Nc2nncc(N(CC)C3CCS(=O)(=O)C3)n2)cc1. The Kier molecular flexibility index (Phi) is 5.55. The molecule has 1 unspecified atom stereocenters. The number of anilines is 3. The van der Waals surface area contributed by atoms with Crippen LogP contribution in [0.15, 0.2) is 30.5 Å². The summed E-state index contributed by atoms with van der Waals surface area (Å²) in [6.45, 7) is 5.19. The molecule has 1 saturated heterocycles. The molecule has 1 fully saturated rings. The number of sulfone groups is 1. The van der Waals surface area contributed by atoms with E-state index in [4.69, 9.17) is 4.74 Å². The average molecular weight is 377 g/mol. The quantitative estimate of drug-likeness (QED) is 0.783. The van der Waals surface area contributed by atoms with Crippen LogP contribution in [0.2, 0.25) is 0 Å². The molecule has 0 bridgehead atoms. The molecule has 1 aliphatic heterocycles. The summed E-state index contributed by atoms with van der Waals surface area (Å²) in [7, 11) is -2.96. The van der Waals surface area contributed by atoms with Gasteiger partial charge in [0.05, 0.1) is 24.3 Å². The summed E-state index contributed by atoms with van der Waals surface area (Å²) in [5, 5.41) is 11.1. The molecule has 0 amide bonds. The zero-order chi connectivity index (χ0) is 18.6. The van der Waals surface area contributed by atoms with Gasteiger partial charge in [-0.2, -0.15) is 10.1 Å². The Hall–Kier alpha value is -2.42. The fourth-order valence-corrected chi connectivity index (χ4v) is 4.78. The monoisotopic (exact) mass is 377 g/mol. The van der Waals surface area contributed by atoms with Crippen LogP contribution in [0.1, 0.15) is 20.3 Å². The highest BCUT2D eigenvalue weighted by Gasteiger charge is 2.32. The van der Waals surface area contributed by atoms with Crippen LogP contribution in [-0.2, 0) is 9.84 Å². The van der Waals surface area contributed by atoms with E-state index in [2.05, 4.69) is 20.5 Å². The first-order chi connectivity index (χ1) is 12.5. The van der Waals surface area contributed by atoms with Crippen LogP contribution >= 0.6 is 0 Å². The standard InChI is InChI=1S/C17H23N5O3S/c1-3-22(14-9-10-26(23,24)12-14)16-11-18-21-17(20-16)19-13-5-7-15(8-6-13)25-4-2/h5-8,11,14H,3-4,9-10,12H2,1-2H3,(H,19,20,21). The fraction of sp³-hybridized carbons (Fsp3) is 0.471. The normalized spacial score (nSPS) is 18.5. The van der Waals surface area contributed by atoms with E-state index >= 15 is 0 Å². The van der Waals surface area contributed by atoms with Gasteiger partial charge in [-0.05, 0) is 44.5 Å². The number of hydrogen-bond acceptors (Lipinski definition) is 8. The molecule has 0 radical (unpaired) electrons. The van der Waals surface area contributed by atoms with Gasteiger partial charge < -0.3 is 15.0 Å². The van der Waals surface area contributed by atoms with Crippen molar-refractivity contribution in [3.63, 3.8) is 0 Å². The van der Waals surface area contributed by atoms with Gasteiger partial charge in [0, 0.05) is 18.3 Å². The Morgan fingerprint density at radius 2 is 2.04 bits per heavy atom. The Morgan fingerprint density at radius 3 is 2.65 bits per heavy atom. The van der Waals surface area contributed by atoms with Crippen molar-refractivity contribution < 1.29 is 13.2 Å². The van der Waals surface area contributed by atoms with Crippen LogP contribution in [-0.4, -0.2) is 54.3 Å². The van der Waals surface area contributed by atoms with Crippen LogP contribution in [0, 0.1) is 0 Å². The second kappa shape index (κ2) is 7.86. The first-order valence-electron chi connectivity index (χ1n) is 8.67. The molecule has 9 heteroatoms. The smallest absolute Gasteiger partial charge is 0.249 e. The molecule has 1 atom stereocenters. The highest BCUT2D eigenvalue weighted by Crippen LogP contribution is 2.24. The van der Waals surface area contributed by atoms with Gasteiger partial charge in [-0.25, -0.2) is 8.42 Å². The summed E-state index contributed by atoms with van der Waals surface area (Å²) < 4.78 is 29.0. The van der Waals surface area contributed by atoms with Crippen molar-refractivity contribution >= 4 is 27.3 Å². The second-order valence-electron chi connectivity index (χ2n) is 6.06. The summed E-state index contributed by atoms with van der Waals surface area (Å²) in [5.74, 6) is 2.17. The maximum Gasteiger partial charge on any atom is 0.249 e. The van der Waals surface area contributed by atoms with E-state index in [1.807, 2.05) is 43.0 Å². The van der Waals surface area contributed by atoms with Crippen molar-refractivity contribution in [1.82, 2.24) is 15.2 Å². The van der Waals surface area contributed by atoms with E-state index in [9.17, 15) is 8.42 Å². The molecule has 140 valence electrons. The Balaban J connectivity index is 1.74. The minimum absolute atomic E-state index is 0.0694. The summed E-state index contributed by atoms with van der Waals surface area (Å²) in [5.41, 5.74) is 0.818. The predicted octanol–water partition coefficient (Wildman–Crippen LogP) is 2.03. The van der Waals surface area contributed by atoms with Crippen molar-refractivity contribution in [3.05, 3.63) is 30.5 Å². The molecule has 2 aromatic rings. The van der Waals surface area contributed by atoms with Crippen molar-refractivity contribution in [3.8, 4) is 5.75 Å². The molecular weight excluding hydrogens is 354 g/mol. The van der Waals surface area contributed by atoms with Crippen molar-refractivity contribution in [2.75, 3.05) is 34.9 Å². The summed E-state index contributed by atoms with van der Waals surface area (Å²) >= 11 is 0. The minimum Gasteiger partial charge on any atom is -0.494 e. The van der Waals surface area contributed by atoms with Crippen LogP contribution in [0.5, 0.6) is 5.75 Å². The number of benzene rings is 1. The van der Waals surface area contributed by atoms with Crippen LogP contribution in [0.25, 0.3) is 0 Å². The minimum atomic E-state index is -2.96. The molecule has 26 heavy (non-hydrogen) atoms. The lowest BCUT2D eigenvalue weighted by Crippen LogP contribution is -2.37. The van der Waals surface area contributed by atoms with Gasteiger partial charge in [0.1, 0.15) is 5.75 Å². The molecule has 8 nitrogen and oxygen atoms in total. The number of aromatic nitrogens is 3. The molecule has 0 spiro atoms. The Labute approximate surface area is 153 Å². The first kappa shape index (κ1) is 18.4. The molecule has 0 aliphatic carbocycles. The predicted molar refractivity (Wildman–Crippen MR) is 101 cm³/mol. The van der Waals surface area contributed by atoms with E-state index in [0.717, 1.165) is 11.4 Å². The van der Waals surface area contributed by atoms with Gasteiger partial charge in [-0.1, -0.05) is 0 Å². The maximum absolute atomic E-state index is 11.8. The van der Waals surface area contributed by atoms with E-state index in [1.165, 1.54) is 0 Å². The summed E-state index contributed by atoms with van der Waals surface area (Å²) in [4.78, 5) is 6.48. The van der Waals surface area contributed by atoms with E-state index in [-0.39, 0.29) is 17.5 Å². The third kappa shape index (κ3) is 4.40. The van der Waals surface area contributed by atoms with Gasteiger partial charge in [0.15, 0.2) is 15.7 Å². The van der Waals surface area contributed by atoms with Crippen molar-refractivity contribution in [1.29, 1.82) is 0 Å². The van der Waals surface area contributed by atoms with Crippen LogP contribution in [0.3, 0.4) is 0 Å². The van der Waals surface area contributed by atoms with Crippen molar-refractivity contribution in [2.24, 2.45) is 0 Å². The van der Waals surface area contributed by atoms with Gasteiger partial charge in [-0.3, -0.25) is 0 Å². The molecule has 2 heterocycles. The van der Waals surface area contributed by atoms with Crippen LogP contribution in [0.4, 0.5) is 17.5 Å². The van der Waals surface area contributed by atoms with Gasteiger partial charge >= 0.3 is 0 Å². The highest BCUT2D eigenvalue weighted by molar-refractivity contribution is 7.91. The third-order valence-electron chi connectivity index (χ3n) is 4.25. The summed E-state index contributed by atoms with van der Waals surface area (Å²) in [6.07, 6.45) is 2.18. The first-order valence-corrected chi connectivity index (χ1v) is 10.5. The molecular formula is C17H23N5O3S. The largest absolute Gasteiger partial charge is 0.494 e. The fourth-order valence-electron chi connectivity index (χ4n) is 3.04. The highest BCUT2D eigenvalue weighted by atomic mass is 32.2. The molecule has 0 saturated carbocycles. The van der Waals surface area contributed by atoms with E-state index in [0.29, 0.717) is 31.3 Å². The topological polar surface area (TPSA) is 97.3 Å². The maximum atomic E-state index is 11.8. The van der Waals surface area contributed by atoms with Crippen LogP contribution < -0.4 is 15.0 Å². The average Bonchev–Trinajstić information content (AvgIpc) is 2.98. The number of rotatable bonds is 7. The summed E-state index contributed by atoms with van der Waals surface area (Å²) in [6, 6.07) is 7.42.